The minimum atomic E-state index is -0.177. The lowest BCUT2D eigenvalue weighted by Gasteiger charge is -2.64. The number of fused-ring (bicyclic) bond motifs is 3. The normalized spacial score (nSPS) is 51.1. The zero-order valence-electron chi connectivity index (χ0n) is 15.4. The van der Waals surface area contributed by atoms with E-state index >= 15 is 0 Å². The highest BCUT2D eigenvalue weighted by molar-refractivity contribution is 5.86. The fourth-order valence-corrected chi connectivity index (χ4v) is 6.29. The molecule has 2 aliphatic carbocycles. The summed E-state index contributed by atoms with van der Waals surface area (Å²) < 4.78 is 6.69. The smallest absolute Gasteiger partial charge is 0.139 e. The van der Waals surface area contributed by atoms with Crippen LogP contribution in [0.5, 0.6) is 0 Å². The monoisotopic (exact) mass is 306 g/mol. The van der Waals surface area contributed by atoms with Crippen molar-refractivity contribution in [2.75, 3.05) is 0 Å². The fraction of sp³-hybridized carbons (Fsp3) is 0.950. The van der Waals surface area contributed by atoms with Gasteiger partial charge in [-0.25, -0.2) is 0 Å². The van der Waals surface area contributed by atoms with Gasteiger partial charge in [0.25, 0.3) is 0 Å². The Hall–Kier alpha value is -0.370. The largest absolute Gasteiger partial charge is 0.369 e. The van der Waals surface area contributed by atoms with E-state index in [2.05, 4.69) is 41.5 Å². The number of carbonyl (C=O) groups is 1. The van der Waals surface area contributed by atoms with Gasteiger partial charge in [0.15, 0.2) is 0 Å². The van der Waals surface area contributed by atoms with Crippen LogP contribution in [-0.4, -0.2) is 17.0 Å². The van der Waals surface area contributed by atoms with Crippen molar-refractivity contribution >= 4 is 5.78 Å². The molecule has 0 aromatic heterocycles. The number of ketones is 1. The van der Waals surface area contributed by atoms with Crippen molar-refractivity contribution in [3.8, 4) is 0 Å². The summed E-state index contributed by atoms with van der Waals surface area (Å²) in [7, 11) is 0. The Labute approximate surface area is 136 Å². The van der Waals surface area contributed by atoms with E-state index in [1.807, 2.05) is 0 Å². The van der Waals surface area contributed by atoms with Gasteiger partial charge in [-0.3, -0.25) is 4.79 Å². The average Bonchev–Trinajstić information content (AvgIpc) is 2.42. The van der Waals surface area contributed by atoms with Gasteiger partial charge >= 0.3 is 0 Å². The summed E-state index contributed by atoms with van der Waals surface area (Å²) in [6, 6.07) is 0. The zero-order valence-corrected chi connectivity index (χ0v) is 15.4. The highest BCUT2D eigenvalue weighted by atomic mass is 16.5. The van der Waals surface area contributed by atoms with Crippen molar-refractivity contribution < 1.29 is 9.53 Å². The maximum atomic E-state index is 13.0. The van der Waals surface area contributed by atoms with Crippen molar-refractivity contribution in [2.24, 2.45) is 22.7 Å². The highest BCUT2D eigenvalue weighted by Gasteiger charge is 2.64. The number of carbonyl (C=O) groups excluding carboxylic acids is 1. The minimum Gasteiger partial charge on any atom is -0.369 e. The van der Waals surface area contributed by atoms with E-state index in [1.165, 1.54) is 0 Å². The predicted octanol–water partition coefficient (Wildman–Crippen LogP) is 5.15. The summed E-state index contributed by atoms with van der Waals surface area (Å²) in [5, 5.41) is 0. The molecule has 1 aliphatic heterocycles. The predicted molar refractivity (Wildman–Crippen MR) is 89.8 cm³/mol. The number of hydrogen-bond acceptors (Lipinski definition) is 2. The number of ether oxygens (including phenoxy) is 1. The van der Waals surface area contributed by atoms with Crippen LogP contribution in [0.1, 0.15) is 86.5 Å². The second-order valence-corrected chi connectivity index (χ2v) is 9.60. The molecule has 0 aromatic rings. The molecule has 1 heterocycles. The molecular formula is C20H34O2. The second kappa shape index (κ2) is 4.82. The molecule has 2 saturated carbocycles. The first-order chi connectivity index (χ1) is 10.1. The maximum Gasteiger partial charge on any atom is 0.139 e. The summed E-state index contributed by atoms with van der Waals surface area (Å²) in [5.41, 5.74) is -0.00165. The molecule has 0 aromatic carbocycles. The van der Waals surface area contributed by atoms with Crippen LogP contribution < -0.4 is 0 Å². The third-order valence-electron chi connectivity index (χ3n) is 7.84. The summed E-state index contributed by atoms with van der Waals surface area (Å²) in [5.74, 6) is 1.43. The van der Waals surface area contributed by atoms with Crippen LogP contribution in [0.4, 0.5) is 0 Å². The summed E-state index contributed by atoms with van der Waals surface area (Å²) in [4.78, 5) is 13.0. The molecule has 1 saturated heterocycles. The first kappa shape index (κ1) is 16.5. The maximum absolute atomic E-state index is 13.0. The molecule has 22 heavy (non-hydrogen) atoms. The Balaban J connectivity index is 2.00. The Morgan fingerprint density at radius 1 is 1.00 bits per heavy atom. The molecule has 2 nitrogen and oxygen atoms in total. The van der Waals surface area contributed by atoms with Crippen molar-refractivity contribution in [2.45, 2.75) is 97.7 Å². The van der Waals surface area contributed by atoms with Crippen LogP contribution in [0, 0.1) is 22.7 Å². The molecular weight excluding hydrogens is 272 g/mol. The van der Waals surface area contributed by atoms with Gasteiger partial charge in [0, 0.05) is 17.8 Å². The quantitative estimate of drug-likeness (QED) is 0.670. The first-order valence-corrected chi connectivity index (χ1v) is 9.31. The number of Topliss-reactive ketones (excluding diaryl/α,β-unsaturated/α-hetero) is 1. The van der Waals surface area contributed by atoms with E-state index in [4.69, 9.17) is 4.74 Å². The molecule has 0 amide bonds. The molecule has 5 atom stereocenters. The van der Waals surface area contributed by atoms with Crippen LogP contribution in [0.2, 0.25) is 0 Å². The van der Waals surface area contributed by atoms with Gasteiger partial charge in [-0.2, -0.15) is 0 Å². The standard InChI is InChI=1S/C20H34O2/c1-7-18(4)12-8-15-19(5,22-18)13-9-14-17(2,3)11-10-16(21)20(14,15)6/h14-15H,7-13H2,1-6H3/t14-,15-,18-,19+,20-/m0/s1. The average molecular weight is 306 g/mol. The third-order valence-corrected chi connectivity index (χ3v) is 7.84. The van der Waals surface area contributed by atoms with Gasteiger partial charge in [0.2, 0.25) is 0 Å². The second-order valence-electron chi connectivity index (χ2n) is 9.60. The van der Waals surface area contributed by atoms with Crippen molar-refractivity contribution in [1.82, 2.24) is 0 Å². The molecule has 3 rings (SSSR count). The summed E-state index contributed by atoms with van der Waals surface area (Å²) >= 11 is 0. The number of rotatable bonds is 1. The SMILES string of the molecule is CC[C@@]1(C)CC[C@@H]2[C@@]3(C)C(=O)CCC(C)(C)[C@@H]3CC[C@@]2(C)O1. The van der Waals surface area contributed by atoms with Crippen LogP contribution in [-0.2, 0) is 9.53 Å². The van der Waals surface area contributed by atoms with Gasteiger partial charge < -0.3 is 4.74 Å². The first-order valence-electron chi connectivity index (χ1n) is 9.31. The summed E-state index contributed by atoms with van der Waals surface area (Å²) in [6.45, 7) is 13.8. The van der Waals surface area contributed by atoms with Gasteiger partial charge in [-0.05, 0) is 63.7 Å². The van der Waals surface area contributed by atoms with E-state index in [1.54, 1.807) is 0 Å². The van der Waals surface area contributed by atoms with Gasteiger partial charge in [-0.15, -0.1) is 0 Å². The van der Waals surface area contributed by atoms with Crippen molar-refractivity contribution in [3.63, 3.8) is 0 Å². The zero-order chi connectivity index (χ0) is 16.4. The van der Waals surface area contributed by atoms with Crippen LogP contribution >= 0.6 is 0 Å². The highest BCUT2D eigenvalue weighted by Crippen LogP contribution is 2.64. The summed E-state index contributed by atoms with van der Waals surface area (Å²) in [6.07, 6.45) is 7.39. The lowest BCUT2D eigenvalue weighted by Crippen LogP contribution is -2.65. The molecule has 0 radical (unpaired) electrons. The van der Waals surface area contributed by atoms with E-state index < -0.39 is 0 Å². The molecule has 3 fully saturated rings. The lowest BCUT2D eigenvalue weighted by atomic mass is 9.44. The molecule has 2 heteroatoms. The van der Waals surface area contributed by atoms with E-state index in [0.29, 0.717) is 17.6 Å². The van der Waals surface area contributed by atoms with E-state index in [0.717, 1.165) is 44.9 Å². The Morgan fingerprint density at radius 2 is 1.64 bits per heavy atom. The van der Waals surface area contributed by atoms with Crippen LogP contribution in [0.25, 0.3) is 0 Å². The van der Waals surface area contributed by atoms with Crippen LogP contribution in [0.15, 0.2) is 0 Å². The van der Waals surface area contributed by atoms with Gasteiger partial charge in [0.05, 0.1) is 11.2 Å². The van der Waals surface area contributed by atoms with E-state index in [9.17, 15) is 4.79 Å². The molecule has 0 bridgehead atoms. The van der Waals surface area contributed by atoms with Crippen LogP contribution in [0.3, 0.4) is 0 Å². The molecule has 0 unspecified atom stereocenters. The molecule has 0 N–H and O–H groups in total. The topological polar surface area (TPSA) is 26.3 Å². The Kier molecular flexibility index (Phi) is 3.61. The third kappa shape index (κ3) is 2.12. The van der Waals surface area contributed by atoms with Gasteiger partial charge in [0.1, 0.15) is 5.78 Å². The molecule has 3 aliphatic rings. The van der Waals surface area contributed by atoms with Crippen molar-refractivity contribution in [3.05, 3.63) is 0 Å². The minimum absolute atomic E-state index is 0.00167. The molecule has 0 spiro atoms. The fourth-order valence-electron chi connectivity index (χ4n) is 6.29. The Bertz CT molecular complexity index is 482. The molecule has 126 valence electrons. The number of hydrogen-bond donors (Lipinski definition) is 0. The Morgan fingerprint density at radius 3 is 2.27 bits per heavy atom. The lowest BCUT2D eigenvalue weighted by molar-refractivity contribution is -0.259. The van der Waals surface area contributed by atoms with Gasteiger partial charge in [-0.1, -0.05) is 27.7 Å². The van der Waals surface area contributed by atoms with Crippen molar-refractivity contribution in [1.29, 1.82) is 0 Å². The van der Waals surface area contributed by atoms with E-state index in [-0.39, 0.29) is 22.0 Å².